The maximum absolute atomic E-state index is 11.9. The van der Waals surface area contributed by atoms with Crippen molar-refractivity contribution < 1.29 is 4.79 Å². The van der Waals surface area contributed by atoms with Crippen LogP contribution in [0.25, 0.3) is 0 Å². The molecule has 1 N–H and O–H groups in total. The molecular formula is C18H32IN5O. The van der Waals surface area contributed by atoms with Crippen molar-refractivity contribution in [1.29, 1.82) is 0 Å². The predicted octanol–water partition coefficient (Wildman–Crippen LogP) is 1.53. The fourth-order valence-electron chi connectivity index (χ4n) is 3.80. The number of carbonyl (C=O) groups excluding carboxylic acids is 1. The molecule has 3 rings (SSSR count). The number of likely N-dealkylation sites (N-methyl/N-ethyl adjacent to an activating group) is 1. The summed E-state index contributed by atoms with van der Waals surface area (Å²) in [5.41, 5.74) is 0. The first-order valence-electron chi connectivity index (χ1n) is 9.28. The van der Waals surface area contributed by atoms with E-state index < -0.39 is 0 Å². The Morgan fingerprint density at radius 3 is 2.52 bits per heavy atom. The normalized spacial score (nSPS) is 24.6. The van der Waals surface area contributed by atoms with E-state index in [0.717, 1.165) is 32.1 Å². The van der Waals surface area contributed by atoms with E-state index in [4.69, 9.17) is 0 Å². The molecule has 0 aromatic carbocycles. The molecule has 1 atom stereocenters. The smallest absolute Gasteiger partial charge is 0.243 e. The van der Waals surface area contributed by atoms with Crippen LogP contribution >= 0.6 is 24.0 Å². The highest BCUT2D eigenvalue weighted by Gasteiger charge is 2.30. The van der Waals surface area contributed by atoms with Gasteiger partial charge in [-0.3, -0.25) is 9.69 Å². The molecule has 7 heteroatoms. The fourth-order valence-corrected chi connectivity index (χ4v) is 3.80. The Hall–Kier alpha value is -0.830. The number of nitrogens with zero attached hydrogens (tertiary/aromatic N) is 4. The number of likely N-dealkylation sites (tertiary alicyclic amines) is 1. The second-order valence-corrected chi connectivity index (χ2v) is 7.37. The average Bonchev–Trinajstić information content (AvgIpc) is 3.32. The van der Waals surface area contributed by atoms with E-state index in [1.54, 1.807) is 19.0 Å². The Morgan fingerprint density at radius 2 is 1.88 bits per heavy atom. The SMILES string of the molecule is CN(C)C(=O)CN=C(NC1CCCC1)N1CCC(N2CC=CC2)C1.I. The first-order valence-corrected chi connectivity index (χ1v) is 9.28. The molecule has 1 saturated heterocycles. The zero-order valence-corrected chi connectivity index (χ0v) is 17.8. The number of aliphatic imine (C=N–C) groups is 1. The lowest BCUT2D eigenvalue weighted by Crippen LogP contribution is -2.46. The van der Waals surface area contributed by atoms with Gasteiger partial charge in [0.25, 0.3) is 0 Å². The lowest BCUT2D eigenvalue weighted by Gasteiger charge is -2.27. The maximum atomic E-state index is 11.9. The molecule has 2 heterocycles. The van der Waals surface area contributed by atoms with Gasteiger partial charge in [-0.15, -0.1) is 24.0 Å². The lowest BCUT2D eigenvalue weighted by molar-refractivity contribution is -0.127. The highest BCUT2D eigenvalue weighted by Crippen LogP contribution is 2.21. The molecule has 0 radical (unpaired) electrons. The molecule has 0 aromatic heterocycles. The summed E-state index contributed by atoms with van der Waals surface area (Å²) >= 11 is 0. The fraction of sp³-hybridized carbons (Fsp3) is 0.778. The minimum Gasteiger partial charge on any atom is -0.353 e. The van der Waals surface area contributed by atoms with Gasteiger partial charge in [0.2, 0.25) is 5.91 Å². The van der Waals surface area contributed by atoms with Gasteiger partial charge in [-0.05, 0) is 19.3 Å². The van der Waals surface area contributed by atoms with Crippen LogP contribution in [0.15, 0.2) is 17.1 Å². The number of halogens is 1. The summed E-state index contributed by atoms with van der Waals surface area (Å²) in [5.74, 6) is 0.993. The largest absolute Gasteiger partial charge is 0.353 e. The molecule has 2 fully saturated rings. The Bertz CT molecular complexity index is 494. The van der Waals surface area contributed by atoms with Crippen LogP contribution in [0.4, 0.5) is 0 Å². The van der Waals surface area contributed by atoms with Crippen LogP contribution in [0.3, 0.4) is 0 Å². The van der Waals surface area contributed by atoms with Gasteiger partial charge in [0, 0.05) is 52.4 Å². The van der Waals surface area contributed by atoms with Crippen LogP contribution in [0.1, 0.15) is 32.1 Å². The standard InChI is InChI=1S/C18H31N5O.HI/c1-21(2)17(24)13-19-18(20-15-7-3-4-8-15)23-12-9-16(14-23)22-10-5-6-11-22;/h5-6,15-16H,3-4,7-14H2,1-2H3,(H,19,20);1H. The average molecular weight is 461 g/mol. The molecule has 1 aliphatic carbocycles. The summed E-state index contributed by atoms with van der Waals surface area (Å²) < 4.78 is 0. The van der Waals surface area contributed by atoms with E-state index >= 15 is 0 Å². The zero-order valence-electron chi connectivity index (χ0n) is 15.5. The van der Waals surface area contributed by atoms with E-state index in [0.29, 0.717) is 12.1 Å². The molecule has 1 saturated carbocycles. The highest BCUT2D eigenvalue weighted by atomic mass is 127. The van der Waals surface area contributed by atoms with Crippen LogP contribution in [-0.2, 0) is 4.79 Å². The second-order valence-electron chi connectivity index (χ2n) is 7.37. The second kappa shape index (κ2) is 9.75. The number of nitrogens with one attached hydrogen (secondary N) is 1. The molecule has 0 bridgehead atoms. The summed E-state index contributed by atoms with van der Waals surface area (Å²) in [5, 5.41) is 3.63. The van der Waals surface area contributed by atoms with Gasteiger partial charge < -0.3 is 15.1 Å². The van der Waals surface area contributed by atoms with Crippen LogP contribution in [-0.4, -0.2) is 85.5 Å². The minimum absolute atomic E-state index is 0. The Kier molecular flexibility index (Phi) is 7.99. The van der Waals surface area contributed by atoms with Crippen molar-refractivity contribution >= 4 is 35.8 Å². The number of hydrogen-bond acceptors (Lipinski definition) is 3. The van der Waals surface area contributed by atoms with Gasteiger partial charge >= 0.3 is 0 Å². The van der Waals surface area contributed by atoms with E-state index in [1.807, 2.05) is 0 Å². The molecular weight excluding hydrogens is 429 g/mol. The van der Waals surface area contributed by atoms with Gasteiger partial charge in [-0.25, -0.2) is 4.99 Å². The summed E-state index contributed by atoms with van der Waals surface area (Å²) in [6, 6.07) is 1.12. The van der Waals surface area contributed by atoms with Crippen molar-refractivity contribution in [1.82, 2.24) is 20.0 Å². The quantitative estimate of drug-likeness (QED) is 0.299. The molecule has 25 heavy (non-hydrogen) atoms. The van der Waals surface area contributed by atoms with Crippen molar-refractivity contribution in [2.45, 2.75) is 44.2 Å². The van der Waals surface area contributed by atoms with Gasteiger partial charge in [0.1, 0.15) is 6.54 Å². The van der Waals surface area contributed by atoms with E-state index in [9.17, 15) is 4.79 Å². The third-order valence-electron chi connectivity index (χ3n) is 5.38. The third kappa shape index (κ3) is 5.57. The summed E-state index contributed by atoms with van der Waals surface area (Å²) in [6.45, 7) is 4.40. The Morgan fingerprint density at radius 1 is 1.20 bits per heavy atom. The van der Waals surface area contributed by atoms with E-state index in [2.05, 4.69) is 32.3 Å². The molecule has 1 amide bonds. The summed E-state index contributed by atoms with van der Waals surface area (Å²) in [4.78, 5) is 23.1. The van der Waals surface area contributed by atoms with Gasteiger partial charge in [-0.2, -0.15) is 0 Å². The molecule has 1 unspecified atom stereocenters. The number of amides is 1. The van der Waals surface area contributed by atoms with E-state index in [-0.39, 0.29) is 36.4 Å². The van der Waals surface area contributed by atoms with Crippen molar-refractivity contribution in [2.24, 2.45) is 4.99 Å². The Labute approximate surface area is 168 Å². The maximum Gasteiger partial charge on any atom is 0.243 e. The monoisotopic (exact) mass is 461 g/mol. The Balaban J connectivity index is 0.00000225. The molecule has 3 aliphatic rings. The topological polar surface area (TPSA) is 51.2 Å². The number of guanidine groups is 1. The van der Waals surface area contributed by atoms with Gasteiger partial charge in [0.15, 0.2) is 5.96 Å². The first-order chi connectivity index (χ1) is 11.6. The third-order valence-corrected chi connectivity index (χ3v) is 5.38. The number of carbonyl (C=O) groups is 1. The predicted molar refractivity (Wildman–Crippen MR) is 112 cm³/mol. The number of hydrogen-bond donors (Lipinski definition) is 1. The molecule has 0 aromatic rings. The van der Waals surface area contributed by atoms with Crippen molar-refractivity contribution in [3.63, 3.8) is 0 Å². The van der Waals surface area contributed by atoms with Gasteiger partial charge in [-0.1, -0.05) is 25.0 Å². The van der Waals surface area contributed by atoms with Crippen LogP contribution in [0.2, 0.25) is 0 Å². The van der Waals surface area contributed by atoms with Crippen molar-refractivity contribution in [3.05, 3.63) is 12.2 Å². The van der Waals surface area contributed by atoms with E-state index in [1.165, 1.54) is 32.1 Å². The van der Waals surface area contributed by atoms with Crippen LogP contribution in [0.5, 0.6) is 0 Å². The van der Waals surface area contributed by atoms with Crippen molar-refractivity contribution in [3.8, 4) is 0 Å². The van der Waals surface area contributed by atoms with Crippen LogP contribution < -0.4 is 5.32 Å². The van der Waals surface area contributed by atoms with Crippen LogP contribution in [0, 0.1) is 0 Å². The molecule has 6 nitrogen and oxygen atoms in total. The highest BCUT2D eigenvalue weighted by molar-refractivity contribution is 14.0. The molecule has 0 spiro atoms. The summed E-state index contributed by atoms with van der Waals surface area (Å²) in [6.07, 6.45) is 10.7. The van der Waals surface area contributed by atoms with Gasteiger partial charge in [0.05, 0.1) is 0 Å². The lowest BCUT2D eigenvalue weighted by atomic mass is 10.2. The minimum atomic E-state index is 0. The zero-order chi connectivity index (χ0) is 16.9. The molecule has 142 valence electrons. The summed E-state index contributed by atoms with van der Waals surface area (Å²) in [7, 11) is 3.57. The molecule has 2 aliphatic heterocycles. The van der Waals surface area contributed by atoms with Crippen molar-refractivity contribution in [2.75, 3.05) is 46.8 Å². The number of rotatable bonds is 4. The first kappa shape index (κ1) is 20.5.